The fourth-order valence-corrected chi connectivity index (χ4v) is 5.25. The zero-order valence-corrected chi connectivity index (χ0v) is 23.8. The van der Waals surface area contributed by atoms with Gasteiger partial charge in [-0.2, -0.15) is 0 Å². The molecule has 2 fully saturated rings. The third-order valence-electron chi connectivity index (χ3n) is 7.25. The smallest absolute Gasteiger partial charge is 0.336 e. The Bertz CT molecular complexity index is 1770. The van der Waals surface area contributed by atoms with Crippen LogP contribution < -0.4 is 16.0 Å². The molecule has 232 valence electrons. The first-order valence-electron chi connectivity index (χ1n) is 14.1. The molecule has 2 aliphatic rings. The Morgan fingerprint density at radius 1 is 1.00 bits per heavy atom. The predicted octanol–water partition coefficient (Wildman–Crippen LogP) is 2.96. The Labute approximate surface area is 255 Å². The summed E-state index contributed by atoms with van der Waals surface area (Å²) in [6.45, 7) is 2.04. The molecular weight excluding hydrogens is 589 g/mol. The van der Waals surface area contributed by atoms with E-state index < -0.39 is 65.7 Å². The molecule has 14 nitrogen and oxygen atoms in total. The minimum Gasteiger partial charge on any atom is -0.478 e. The van der Waals surface area contributed by atoms with Gasteiger partial charge in [0.15, 0.2) is 29.5 Å². The van der Waals surface area contributed by atoms with Crippen molar-refractivity contribution in [2.45, 2.75) is 37.8 Å². The molecule has 4 N–H and O–H groups in total. The monoisotopic (exact) mass is 617 g/mol. The Morgan fingerprint density at radius 2 is 1.80 bits per heavy atom. The van der Waals surface area contributed by atoms with Crippen LogP contribution in [0.4, 0.5) is 15.0 Å². The van der Waals surface area contributed by atoms with E-state index in [1.165, 1.54) is 18.7 Å². The first kappa shape index (κ1) is 29.8. The van der Waals surface area contributed by atoms with Crippen LogP contribution in [0.15, 0.2) is 67.3 Å². The summed E-state index contributed by atoms with van der Waals surface area (Å²) in [5.74, 6) is -3.14. The second kappa shape index (κ2) is 12.8. The number of aromatic carboxylic acids is 1. The Morgan fingerprint density at radius 3 is 2.58 bits per heavy atom. The van der Waals surface area contributed by atoms with Crippen molar-refractivity contribution in [1.29, 1.82) is 0 Å². The third-order valence-corrected chi connectivity index (χ3v) is 7.25. The molecule has 2 saturated heterocycles. The van der Waals surface area contributed by atoms with E-state index in [0.29, 0.717) is 17.7 Å². The summed E-state index contributed by atoms with van der Waals surface area (Å²) in [7, 11) is 0. The van der Waals surface area contributed by atoms with Crippen molar-refractivity contribution in [3.8, 4) is 0 Å². The molecule has 4 aromatic rings. The second-order valence-corrected chi connectivity index (χ2v) is 10.1. The number of hydrogen-bond acceptors (Lipinski definition) is 9. The molecule has 0 radical (unpaired) electrons. The zero-order valence-electron chi connectivity index (χ0n) is 23.8. The summed E-state index contributed by atoms with van der Waals surface area (Å²) < 4.78 is 34.9. The average Bonchev–Trinajstić information content (AvgIpc) is 3.74. The Balaban J connectivity index is 1.27. The number of aromatic nitrogens is 4. The van der Waals surface area contributed by atoms with Gasteiger partial charge in [-0.25, -0.2) is 28.9 Å². The molecule has 15 heteroatoms. The molecule has 0 bridgehead atoms. The summed E-state index contributed by atoms with van der Waals surface area (Å²) in [5.41, 5.74) is 0.522. The van der Waals surface area contributed by atoms with E-state index >= 15 is 0 Å². The Kier molecular flexibility index (Phi) is 8.46. The molecule has 2 aromatic carbocycles. The van der Waals surface area contributed by atoms with Gasteiger partial charge in [0, 0.05) is 13.1 Å². The van der Waals surface area contributed by atoms with Gasteiger partial charge in [-0.05, 0) is 30.7 Å². The number of carboxylic acid groups (broad SMARTS) is 1. The summed E-state index contributed by atoms with van der Waals surface area (Å²) in [5, 5.41) is 17.3. The fraction of sp³-hybridized carbons (Fsp3) is 0.267. The number of rotatable bonds is 9. The molecule has 0 spiro atoms. The zero-order chi connectivity index (χ0) is 31.5. The largest absolute Gasteiger partial charge is 0.478 e. The van der Waals surface area contributed by atoms with Crippen molar-refractivity contribution < 1.29 is 38.1 Å². The summed E-state index contributed by atoms with van der Waals surface area (Å²) in [6.07, 6.45) is 2.54. The number of nitrogens with one attached hydrogen (secondary N) is 3. The van der Waals surface area contributed by atoms with E-state index in [9.17, 15) is 23.9 Å². The highest BCUT2D eigenvalue weighted by atomic mass is 19.1. The van der Waals surface area contributed by atoms with E-state index in [1.54, 1.807) is 17.6 Å². The van der Waals surface area contributed by atoms with Crippen LogP contribution in [0.25, 0.3) is 17.2 Å². The maximum Gasteiger partial charge on any atom is 0.336 e. The lowest BCUT2D eigenvalue weighted by Crippen LogP contribution is -2.39. The quantitative estimate of drug-likeness (QED) is 0.218. The van der Waals surface area contributed by atoms with Gasteiger partial charge >= 0.3 is 12.0 Å². The normalized spacial score (nSPS) is 22.4. The highest BCUT2D eigenvalue weighted by Crippen LogP contribution is 2.41. The number of carbonyl (C=O) groups is 3. The van der Waals surface area contributed by atoms with Crippen LogP contribution in [0.3, 0.4) is 0 Å². The molecule has 3 amide bonds. The predicted molar refractivity (Wildman–Crippen MR) is 157 cm³/mol. The molecule has 2 aliphatic heterocycles. The molecule has 4 unspecified atom stereocenters. The van der Waals surface area contributed by atoms with Crippen LogP contribution in [0.5, 0.6) is 0 Å². The van der Waals surface area contributed by atoms with Crippen molar-refractivity contribution >= 4 is 41.0 Å². The lowest BCUT2D eigenvalue weighted by atomic mass is 10.1. The number of fused-ring (bicyclic) bond motifs is 2. The average molecular weight is 618 g/mol. The van der Waals surface area contributed by atoms with E-state index in [-0.39, 0.29) is 12.4 Å². The van der Waals surface area contributed by atoms with Gasteiger partial charge in [-0.1, -0.05) is 42.5 Å². The van der Waals surface area contributed by atoms with Crippen molar-refractivity contribution in [1.82, 2.24) is 30.2 Å². The van der Waals surface area contributed by atoms with Crippen LogP contribution >= 0.6 is 0 Å². The minimum absolute atomic E-state index is 0.159. The highest BCUT2D eigenvalue weighted by molar-refractivity contribution is 6.05. The van der Waals surface area contributed by atoms with Crippen LogP contribution in [0.1, 0.15) is 39.4 Å². The SMILES string of the molecule is CCNC(=O)Nc1ncnc2c1ncn2C1OC(CNC(=O)c2c(F)cccc2C(=O)O)C2O[C@H](C=Cc3ccccc3)OC21. The summed E-state index contributed by atoms with van der Waals surface area (Å²) in [6, 6.07) is 12.5. The number of hydrogen-bond donors (Lipinski definition) is 4. The minimum atomic E-state index is -1.44. The number of benzene rings is 2. The maximum absolute atomic E-state index is 14.5. The van der Waals surface area contributed by atoms with Gasteiger partial charge in [-0.15, -0.1) is 0 Å². The number of nitrogens with zero attached hydrogens (tertiary/aromatic N) is 4. The van der Waals surface area contributed by atoms with Gasteiger partial charge in [0.2, 0.25) is 0 Å². The second-order valence-electron chi connectivity index (χ2n) is 10.1. The van der Waals surface area contributed by atoms with E-state index in [4.69, 9.17) is 14.2 Å². The number of carboxylic acids is 1. The number of imidazole rings is 1. The van der Waals surface area contributed by atoms with Gasteiger partial charge < -0.3 is 30.0 Å². The highest BCUT2D eigenvalue weighted by Gasteiger charge is 2.53. The van der Waals surface area contributed by atoms with E-state index in [0.717, 1.165) is 17.7 Å². The van der Waals surface area contributed by atoms with Crippen molar-refractivity contribution in [3.05, 3.63) is 89.8 Å². The van der Waals surface area contributed by atoms with Crippen LogP contribution in [0, 0.1) is 5.82 Å². The van der Waals surface area contributed by atoms with Gasteiger partial charge in [0.25, 0.3) is 5.91 Å². The van der Waals surface area contributed by atoms with Crippen LogP contribution in [-0.2, 0) is 14.2 Å². The van der Waals surface area contributed by atoms with Crippen LogP contribution in [0.2, 0.25) is 0 Å². The standard InChI is InChI=1S/C30H28FN7O7/c1-2-32-30(42)37-25-22-26(35-14-34-25)38(15-36-22)28-24-23(44-20(45-24)12-11-16-7-4-3-5-8-16)19(43-28)13-33-27(39)21-17(29(40)41)9-6-10-18(21)31/h3-12,14-15,19-20,23-24,28H,2,13H2,1H3,(H,33,39)(H,40,41)(H2,32,34,35,37,42)/t19?,20-,23?,24?,28?/m0/s1. The Hall–Kier alpha value is -5.25. The summed E-state index contributed by atoms with van der Waals surface area (Å²) in [4.78, 5) is 49.6. The van der Waals surface area contributed by atoms with E-state index in [1.807, 2.05) is 36.4 Å². The van der Waals surface area contributed by atoms with Gasteiger partial charge in [-0.3, -0.25) is 14.7 Å². The third kappa shape index (κ3) is 6.08. The molecule has 2 aromatic heterocycles. The molecular formula is C30H28FN7O7. The first-order chi connectivity index (χ1) is 21.8. The van der Waals surface area contributed by atoms with Gasteiger partial charge in [0.05, 0.1) is 17.5 Å². The van der Waals surface area contributed by atoms with Crippen molar-refractivity contribution in [3.63, 3.8) is 0 Å². The van der Waals surface area contributed by atoms with Gasteiger partial charge in [0.1, 0.15) is 30.5 Å². The lowest BCUT2D eigenvalue weighted by Gasteiger charge is -2.21. The molecule has 4 heterocycles. The molecule has 45 heavy (non-hydrogen) atoms. The maximum atomic E-state index is 14.5. The van der Waals surface area contributed by atoms with Crippen LogP contribution in [-0.4, -0.2) is 80.2 Å². The summed E-state index contributed by atoms with van der Waals surface area (Å²) >= 11 is 0. The molecule has 6 rings (SSSR count). The number of carbonyl (C=O) groups excluding carboxylic acids is 2. The number of amides is 3. The molecule has 0 aliphatic carbocycles. The number of halogens is 1. The van der Waals surface area contributed by atoms with E-state index in [2.05, 4.69) is 30.9 Å². The molecule has 5 atom stereocenters. The lowest BCUT2D eigenvalue weighted by molar-refractivity contribution is -0.123. The number of urea groups is 1. The van der Waals surface area contributed by atoms with Crippen molar-refractivity contribution in [2.75, 3.05) is 18.4 Å². The number of ether oxygens (including phenoxy) is 3. The number of anilines is 1. The molecule has 0 saturated carbocycles. The van der Waals surface area contributed by atoms with Crippen molar-refractivity contribution in [2.24, 2.45) is 0 Å². The topological polar surface area (TPSA) is 179 Å². The first-order valence-corrected chi connectivity index (χ1v) is 14.1. The fourth-order valence-electron chi connectivity index (χ4n) is 5.25.